The summed E-state index contributed by atoms with van der Waals surface area (Å²) in [6.45, 7) is 1.04. The molecule has 4 nitrogen and oxygen atoms in total. The zero-order valence-corrected chi connectivity index (χ0v) is 19.5. The Labute approximate surface area is 208 Å². The van der Waals surface area contributed by atoms with Crippen LogP contribution < -0.4 is 0 Å². The number of aromatic nitrogens is 2. The fourth-order valence-electron chi connectivity index (χ4n) is 5.64. The normalized spacial score (nSPS) is 12.8. The molecule has 36 heavy (non-hydrogen) atoms. The average molecular weight is 467 g/mol. The van der Waals surface area contributed by atoms with Crippen molar-refractivity contribution in [1.29, 1.82) is 0 Å². The van der Waals surface area contributed by atoms with Crippen molar-refractivity contribution < 1.29 is 9.59 Å². The van der Waals surface area contributed by atoms with Crippen molar-refractivity contribution in [3.63, 3.8) is 0 Å². The maximum absolute atomic E-state index is 14.4. The summed E-state index contributed by atoms with van der Waals surface area (Å²) in [4.78, 5) is 28.7. The van der Waals surface area contributed by atoms with Crippen molar-refractivity contribution in [1.82, 2.24) is 9.13 Å². The lowest BCUT2D eigenvalue weighted by Crippen LogP contribution is -2.25. The van der Waals surface area contributed by atoms with Crippen LogP contribution in [-0.2, 0) is 13.1 Å². The number of hydrogen-bond donors (Lipinski definition) is 0. The van der Waals surface area contributed by atoms with Crippen LogP contribution in [0.1, 0.15) is 43.2 Å². The number of carbonyl (C=O) groups is 2. The monoisotopic (exact) mass is 466 g/mol. The fourth-order valence-corrected chi connectivity index (χ4v) is 5.64. The smallest absolute Gasteiger partial charge is 0.227 e. The van der Waals surface area contributed by atoms with Gasteiger partial charge in [-0.1, -0.05) is 97.1 Å². The van der Waals surface area contributed by atoms with Crippen LogP contribution in [0.2, 0.25) is 0 Å². The summed E-state index contributed by atoms with van der Waals surface area (Å²) in [5.41, 5.74) is 5.95. The number of para-hydroxylation sites is 2. The third-order valence-electron chi connectivity index (χ3n) is 7.19. The van der Waals surface area contributed by atoms with Gasteiger partial charge in [0.1, 0.15) is 11.4 Å². The Bertz CT molecular complexity index is 1680. The van der Waals surface area contributed by atoms with E-state index in [1.807, 2.05) is 118 Å². The molecule has 0 fully saturated rings. The van der Waals surface area contributed by atoms with Crippen LogP contribution in [0.4, 0.5) is 0 Å². The van der Waals surface area contributed by atoms with Crippen LogP contribution in [0.5, 0.6) is 0 Å². The zero-order valence-electron chi connectivity index (χ0n) is 19.5. The highest BCUT2D eigenvalue weighted by atomic mass is 16.1. The quantitative estimate of drug-likeness (QED) is 0.298. The predicted molar refractivity (Wildman–Crippen MR) is 142 cm³/mol. The molecule has 0 saturated carbocycles. The van der Waals surface area contributed by atoms with Crippen molar-refractivity contribution in [2.45, 2.75) is 13.1 Å². The van der Waals surface area contributed by atoms with E-state index in [1.54, 1.807) is 0 Å². The highest BCUT2D eigenvalue weighted by Crippen LogP contribution is 2.40. The van der Waals surface area contributed by atoms with E-state index in [-0.39, 0.29) is 11.6 Å². The van der Waals surface area contributed by atoms with E-state index in [0.29, 0.717) is 35.6 Å². The van der Waals surface area contributed by atoms with Crippen LogP contribution in [-0.4, -0.2) is 20.7 Å². The first-order valence-electron chi connectivity index (χ1n) is 12.1. The Kier molecular flexibility index (Phi) is 4.55. The van der Waals surface area contributed by atoms with Gasteiger partial charge in [-0.3, -0.25) is 9.59 Å². The molecule has 2 heterocycles. The zero-order chi connectivity index (χ0) is 24.2. The maximum Gasteiger partial charge on any atom is 0.227 e. The summed E-state index contributed by atoms with van der Waals surface area (Å²) in [6, 6.07) is 35.8. The predicted octanol–water partition coefficient (Wildman–Crippen LogP) is 6.47. The minimum absolute atomic E-state index is 0.0781. The van der Waals surface area contributed by atoms with Crippen molar-refractivity contribution in [2.75, 3.05) is 0 Å². The summed E-state index contributed by atoms with van der Waals surface area (Å²) >= 11 is 0. The molecule has 0 bridgehead atoms. The number of ketones is 2. The third-order valence-corrected chi connectivity index (χ3v) is 7.19. The maximum atomic E-state index is 14.4. The van der Waals surface area contributed by atoms with Crippen molar-refractivity contribution in [3.8, 4) is 0 Å². The Hall–Kier alpha value is -4.70. The highest BCUT2D eigenvalue weighted by Gasteiger charge is 2.39. The van der Waals surface area contributed by atoms with Gasteiger partial charge in [0.05, 0.1) is 11.1 Å². The lowest BCUT2D eigenvalue weighted by atomic mass is 9.89. The molecule has 0 amide bonds. The van der Waals surface area contributed by atoms with Crippen LogP contribution in [0.25, 0.3) is 21.8 Å². The van der Waals surface area contributed by atoms with Crippen LogP contribution in [0.15, 0.2) is 109 Å². The molecule has 1 aliphatic carbocycles. The number of fused-ring (bicyclic) bond motifs is 6. The van der Waals surface area contributed by atoms with E-state index < -0.39 is 0 Å². The minimum atomic E-state index is -0.0983. The van der Waals surface area contributed by atoms with E-state index >= 15 is 0 Å². The first kappa shape index (κ1) is 20.7. The molecular formula is C32H22N2O2. The Balaban J connectivity index is 1.51. The second-order valence-electron chi connectivity index (χ2n) is 9.28. The Morgan fingerprint density at radius 3 is 1.28 bits per heavy atom. The Morgan fingerprint density at radius 1 is 0.444 bits per heavy atom. The van der Waals surface area contributed by atoms with Crippen LogP contribution in [0, 0.1) is 0 Å². The van der Waals surface area contributed by atoms with Crippen molar-refractivity contribution >= 4 is 33.4 Å². The van der Waals surface area contributed by atoms with E-state index in [1.165, 1.54) is 0 Å². The van der Waals surface area contributed by atoms with Crippen molar-refractivity contribution in [2.24, 2.45) is 0 Å². The lowest BCUT2D eigenvalue weighted by molar-refractivity contribution is 0.0970. The van der Waals surface area contributed by atoms with Gasteiger partial charge in [-0.2, -0.15) is 0 Å². The molecule has 0 N–H and O–H groups in total. The van der Waals surface area contributed by atoms with Crippen molar-refractivity contribution in [3.05, 3.63) is 143 Å². The van der Waals surface area contributed by atoms with Gasteiger partial charge in [-0.05, 0) is 23.3 Å². The SMILES string of the molecule is O=C1c2c(n(Cc3ccccc3)c3ccccc23)C(=O)c2c1c1ccccc1n2Cc1ccccc1. The summed E-state index contributed by atoms with van der Waals surface area (Å²) in [5, 5.41) is 1.65. The highest BCUT2D eigenvalue weighted by molar-refractivity contribution is 6.35. The van der Waals surface area contributed by atoms with E-state index in [4.69, 9.17) is 0 Å². The molecule has 0 saturated heterocycles. The van der Waals surface area contributed by atoms with Gasteiger partial charge in [0.15, 0.2) is 5.78 Å². The average Bonchev–Trinajstić information content (AvgIpc) is 3.43. The summed E-state index contributed by atoms with van der Waals surface area (Å²) in [5.74, 6) is -0.176. The summed E-state index contributed by atoms with van der Waals surface area (Å²) < 4.78 is 4.04. The summed E-state index contributed by atoms with van der Waals surface area (Å²) in [7, 11) is 0. The molecule has 4 aromatic carbocycles. The molecular weight excluding hydrogens is 444 g/mol. The Morgan fingerprint density at radius 2 is 0.833 bits per heavy atom. The second kappa shape index (κ2) is 7.92. The molecule has 172 valence electrons. The third kappa shape index (κ3) is 2.94. The number of benzene rings is 4. The van der Waals surface area contributed by atoms with Gasteiger partial charge in [0, 0.05) is 34.9 Å². The number of nitrogens with zero attached hydrogens (tertiary/aromatic N) is 2. The molecule has 0 atom stereocenters. The topological polar surface area (TPSA) is 44.0 Å². The van der Waals surface area contributed by atoms with E-state index in [9.17, 15) is 9.59 Å². The number of rotatable bonds is 4. The van der Waals surface area contributed by atoms with Gasteiger partial charge in [0.2, 0.25) is 5.78 Å². The lowest BCUT2D eigenvalue weighted by Gasteiger charge is -2.18. The first-order chi connectivity index (χ1) is 17.7. The fraction of sp³-hybridized carbons (Fsp3) is 0.0625. The standard InChI is InChI=1S/C32H22N2O2/c35-31-27-23-15-7-9-17-25(23)33(19-21-11-3-1-4-12-21)29(27)32(36)30-28(31)24-16-8-10-18-26(24)34(30)20-22-13-5-2-6-14-22/h1-18H,19-20H2. The molecule has 0 radical (unpaired) electrons. The summed E-state index contributed by atoms with van der Waals surface area (Å²) in [6.07, 6.45) is 0. The van der Waals surface area contributed by atoms with Gasteiger partial charge in [-0.15, -0.1) is 0 Å². The number of carbonyl (C=O) groups excluding carboxylic acids is 2. The molecule has 0 aliphatic heterocycles. The van der Waals surface area contributed by atoms with Gasteiger partial charge in [-0.25, -0.2) is 0 Å². The number of hydrogen-bond acceptors (Lipinski definition) is 2. The van der Waals surface area contributed by atoms with E-state index in [2.05, 4.69) is 0 Å². The molecule has 6 aromatic rings. The van der Waals surface area contributed by atoms with E-state index in [0.717, 1.165) is 32.9 Å². The van der Waals surface area contributed by atoms with Crippen LogP contribution in [0.3, 0.4) is 0 Å². The minimum Gasteiger partial charge on any atom is -0.333 e. The largest absolute Gasteiger partial charge is 0.333 e. The molecule has 1 aliphatic rings. The molecule has 4 heteroatoms. The molecule has 7 rings (SSSR count). The van der Waals surface area contributed by atoms with Gasteiger partial charge >= 0.3 is 0 Å². The molecule has 0 spiro atoms. The van der Waals surface area contributed by atoms with Gasteiger partial charge in [0.25, 0.3) is 0 Å². The molecule has 2 aromatic heterocycles. The molecule has 0 unspecified atom stereocenters. The second-order valence-corrected chi connectivity index (χ2v) is 9.28. The van der Waals surface area contributed by atoms with Gasteiger partial charge < -0.3 is 9.13 Å². The van der Waals surface area contributed by atoms with Crippen LogP contribution >= 0.6 is 0 Å². The first-order valence-corrected chi connectivity index (χ1v) is 12.1.